The van der Waals surface area contributed by atoms with Crippen LogP contribution in [-0.4, -0.2) is 38.6 Å². The number of alkyl halides is 3. The lowest BCUT2D eigenvalue weighted by atomic mass is 10.0. The first-order chi connectivity index (χ1) is 16.8. The summed E-state index contributed by atoms with van der Waals surface area (Å²) in [6.07, 6.45) is 2.05. The predicted octanol–water partition coefficient (Wildman–Crippen LogP) is 5.69. The van der Waals surface area contributed by atoms with Crippen molar-refractivity contribution in [3.05, 3.63) is 72.3 Å². The van der Waals surface area contributed by atoms with Gasteiger partial charge in [-0.1, -0.05) is 32.0 Å². The van der Waals surface area contributed by atoms with E-state index in [9.17, 15) is 18.0 Å². The van der Waals surface area contributed by atoms with Crippen molar-refractivity contribution < 1.29 is 18.0 Å². The van der Waals surface area contributed by atoms with Crippen LogP contribution in [0.5, 0.6) is 0 Å². The number of benzene rings is 1. The van der Waals surface area contributed by atoms with Crippen LogP contribution in [-0.2, 0) is 6.18 Å². The summed E-state index contributed by atoms with van der Waals surface area (Å²) in [4.78, 5) is 23.7. The van der Waals surface area contributed by atoms with Gasteiger partial charge < -0.3 is 10.2 Å². The highest BCUT2D eigenvalue weighted by atomic mass is 19.4. The van der Waals surface area contributed by atoms with Crippen molar-refractivity contribution in [1.82, 2.24) is 19.6 Å². The SMILES string of the molecule is CCCN(CCC)c1cncc(NC(=O)c2cnc3ccc(-c4ccccc4C(F)(F)F)nn23)c1. The number of carbonyl (C=O) groups excluding carboxylic acids is 1. The molecule has 3 heterocycles. The Labute approximate surface area is 200 Å². The van der Waals surface area contributed by atoms with Crippen molar-refractivity contribution in [2.45, 2.75) is 32.9 Å². The summed E-state index contributed by atoms with van der Waals surface area (Å²) >= 11 is 0. The molecule has 0 bridgehead atoms. The highest BCUT2D eigenvalue weighted by Gasteiger charge is 2.33. The zero-order chi connectivity index (χ0) is 25.0. The van der Waals surface area contributed by atoms with Crippen molar-refractivity contribution >= 4 is 22.9 Å². The number of nitrogens with zero attached hydrogens (tertiary/aromatic N) is 5. The van der Waals surface area contributed by atoms with Crippen molar-refractivity contribution in [3.63, 3.8) is 0 Å². The third kappa shape index (κ3) is 5.26. The zero-order valence-electron chi connectivity index (χ0n) is 19.4. The standard InChI is InChI=1S/C25H25F3N6O/c1-3-11-33(12-4-2)18-13-17(14-29-15-18)31-24(35)22-16-30-23-10-9-21(32-34(22)23)19-7-5-6-8-20(19)25(26,27)28/h5-10,13-16H,3-4,11-12H2,1-2H3,(H,31,35). The number of anilines is 2. The summed E-state index contributed by atoms with van der Waals surface area (Å²) in [5, 5.41) is 7.11. The normalized spacial score (nSPS) is 11.6. The summed E-state index contributed by atoms with van der Waals surface area (Å²) in [6, 6.07) is 10.0. The summed E-state index contributed by atoms with van der Waals surface area (Å²) in [5.74, 6) is -0.497. The number of hydrogen-bond donors (Lipinski definition) is 1. The van der Waals surface area contributed by atoms with E-state index in [0.29, 0.717) is 11.3 Å². The maximum Gasteiger partial charge on any atom is 0.417 e. The van der Waals surface area contributed by atoms with E-state index in [1.165, 1.54) is 41.0 Å². The van der Waals surface area contributed by atoms with Gasteiger partial charge >= 0.3 is 6.18 Å². The summed E-state index contributed by atoms with van der Waals surface area (Å²) in [6.45, 7) is 5.93. The molecule has 4 aromatic rings. The van der Waals surface area contributed by atoms with Crippen molar-refractivity contribution in [2.75, 3.05) is 23.3 Å². The Balaban J connectivity index is 1.65. The number of hydrogen-bond acceptors (Lipinski definition) is 5. The lowest BCUT2D eigenvalue weighted by Crippen LogP contribution is -2.25. The third-order valence-corrected chi connectivity index (χ3v) is 5.44. The number of pyridine rings is 1. The fourth-order valence-electron chi connectivity index (χ4n) is 3.90. The highest BCUT2D eigenvalue weighted by Crippen LogP contribution is 2.36. The summed E-state index contributed by atoms with van der Waals surface area (Å²) in [7, 11) is 0. The molecule has 0 spiro atoms. The first-order valence-corrected chi connectivity index (χ1v) is 11.3. The Morgan fingerprint density at radius 1 is 1.03 bits per heavy atom. The van der Waals surface area contributed by atoms with Crippen LogP contribution in [0.1, 0.15) is 42.7 Å². The van der Waals surface area contributed by atoms with Gasteiger partial charge in [0, 0.05) is 18.7 Å². The van der Waals surface area contributed by atoms with E-state index in [0.717, 1.165) is 37.7 Å². The van der Waals surface area contributed by atoms with E-state index in [4.69, 9.17) is 0 Å². The van der Waals surface area contributed by atoms with Gasteiger partial charge in [-0.2, -0.15) is 18.3 Å². The van der Waals surface area contributed by atoms with Crippen LogP contribution < -0.4 is 10.2 Å². The summed E-state index contributed by atoms with van der Waals surface area (Å²) in [5.41, 5.74) is 1.03. The average molecular weight is 483 g/mol. The van der Waals surface area contributed by atoms with E-state index < -0.39 is 17.6 Å². The fraction of sp³-hybridized carbons (Fsp3) is 0.280. The van der Waals surface area contributed by atoms with Crippen LogP contribution in [0.15, 0.2) is 61.1 Å². The molecule has 3 aromatic heterocycles. The zero-order valence-corrected chi connectivity index (χ0v) is 19.4. The molecule has 182 valence electrons. The van der Waals surface area contributed by atoms with Gasteiger partial charge in [-0.3, -0.25) is 9.78 Å². The van der Waals surface area contributed by atoms with E-state index in [-0.39, 0.29) is 17.0 Å². The van der Waals surface area contributed by atoms with Gasteiger partial charge in [0.25, 0.3) is 5.91 Å². The van der Waals surface area contributed by atoms with Gasteiger partial charge in [-0.15, -0.1) is 0 Å². The minimum absolute atomic E-state index is 0.0780. The minimum atomic E-state index is -4.54. The second-order valence-corrected chi connectivity index (χ2v) is 8.05. The highest BCUT2D eigenvalue weighted by molar-refractivity contribution is 6.03. The minimum Gasteiger partial charge on any atom is -0.370 e. The number of amides is 1. The van der Waals surface area contributed by atoms with Gasteiger partial charge in [0.1, 0.15) is 0 Å². The molecule has 7 nitrogen and oxygen atoms in total. The number of nitrogens with one attached hydrogen (secondary N) is 1. The number of rotatable bonds is 8. The Morgan fingerprint density at radius 2 is 1.77 bits per heavy atom. The molecule has 0 aliphatic heterocycles. The van der Waals surface area contributed by atoms with Crippen LogP contribution in [0.3, 0.4) is 0 Å². The van der Waals surface area contributed by atoms with Gasteiger partial charge in [0.05, 0.1) is 41.2 Å². The summed E-state index contributed by atoms with van der Waals surface area (Å²) < 4.78 is 41.8. The number of imidazole rings is 1. The van der Waals surface area contributed by atoms with E-state index in [2.05, 4.69) is 39.1 Å². The molecule has 1 aromatic carbocycles. The maximum atomic E-state index is 13.5. The first kappa shape index (κ1) is 24.2. The first-order valence-electron chi connectivity index (χ1n) is 11.3. The van der Waals surface area contributed by atoms with Gasteiger partial charge in [0.15, 0.2) is 11.3 Å². The van der Waals surface area contributed by atoms with Crippen molar-refractivity contribution in [1.29, 1.82) is 0 Å². The van der Waals surface area contributed by atoms with Crippen LogP contribution in [0, 0.1) is 0 Å². The Kier molecular flexibility index (Phi) is 6.99. The smallest absolute Gasteiger partial charge is 0.370 e. The van der Waals surface area contributed by atoms with Crippen molar-refractivity contribution in [3.8, 4) is 11.3 Å². The number of aromatic nitrogens is 4. The van der Waals surface area contributed by atoms with Crippen LogP contribution in [0.25, 0.3) is 16.9 Å². The predicted molar refractivity (Wildman–Crippen MR) is 128 cm³/mol. The largest absolute Gasteiger partial charge is 0.417 e. The molecular weight excluding hydrogens is 457 g/mol. The second kappa shape index (κ2) is 10.1. The topological polar surface area (TPSA) is 75.4 Å². The van der Waals surface area contributed by atoms with E-state index in [1.807, 2.05) is 6.07 Å². The quantitative estimate of drug-likeness (QED) is 0.349. The van der Waals surface area contributed by atoms with E-state index in [1.54, 1.807) is 12.4 Å². The number of carbonyl (C=O) groups is 1. The Hall–Kier alpha value is -3.95. The molecule has 0 atom stereocenters. The van der Waals surface area contributed by atoms with Crippen LogP contribution in [0.4, 0.5) is 24.5 Å². The molecule has 0 fully saturated rings. The molecule has 0 radical (unpaired) electrons. The molecule has 0 aliphatic rings. The Bertz CT molecular complexity index is 1330. The molecule has 0 saturated heterocycles. The van der Waals surface area contributed by atoms with Crippen LogP contribution >= 0.6 is 0 Å². The monoisotopic (exact) mass is 482 g/mol. The molecule has 1 N–H and O–H groups in total. The number of halogens is 3. The maximum absolute atomic E-state index is 13.5. The van der Waals surface area contributed by atoms with Gasteiger partial charge in [-0.05, 0) is 37.1 Å². The average Bonchev–Trinajstić information content (AvgIpc) is 3.27. The molecule has 0 saturated carbocycles. The lowest BCUT2D eigenvalue weighted by molar-refractivity contribution is -0.137. The molecule has 1 amide bonds. The second-order valence-electron chi connectivity index (χ2n) is 8.05. The van der Waals surface area contributed by atoms with Crippen molar-refractivity contribution in [2.24, 2.45) is 0 Å². The third-order valence-electron chi connectivity index (χ3n) is 5.44. The molecule has 35 heavy (non-hydrogen) atoms. The number of fused-ring (bicyclic) bond motifs is 1. The lowest BCUT2D eigenvalue weighted by Gasteiger charge is -2.23. The fourth-order valence-corrected chi connectivity index (χ4v) is 3.90. The Morgan fingerprint density at radius 3 is 2.49 bits per heavy atom. The molecule has 4 rings (SSSR count). The molecule has 0 aliphatic carbocycles. The van der Waals surface area contributed by atoms with E-state index >= 15 is 0 Å². The van der Waals surface area contributed by atoms with Gasteiger partial charge in [-0.25, -0.2) is 9.50 Å². The molecular formula is C25H25F3N6O. The van der Waals surface area contributed by atoms with Crippen LogP contribution in [0.2, 0.25) is 0 Å². The van der Waals surface area contributed by atoms with Gasteiger partial charge in [0.2, 0.25) is 0 Å². The molecule has 10 heteroatoms. The molecule has 0 unspecified atom stereocenters.